The second-order valence-electron chi connectivity index (χ2n) is 11.9. The van der Waals surface area contributed by atoms with Crippen LogP contribution in [0, 0.1) is 0 Å². The van der Waals surface area contributed by atoms with E-state index >= 15 is 0 Å². The van der Waals surface area contributed by atoms with Gasteiger partial charge in [-0.1, -0.05) is 68.4 Å². The number of para-hydroxylation sites is 1. The van der Waals surface area contributed by atoms with Crippen molar-refractivity contribution in [3.8, 4) is 16.9 Å². The summed E-state index contributed by atoms with van der Waals surface area (Å²) in [4.78, 5) is 16.0. The molecule has 6 rings (SSSR count). The van der Waals surface area contributed by atoms with Gasteiger partial charge >= 0.3 is 5.97 Å². The summed E-state index contributed by atoms with van der Waals surface area (Å²) in [6.07, 6.45) is 2.41. The van der Waals surface area contributed by atoms with E-state index in [9.17, 15) is 4.79 Å². The Balaban J connectivity index is 1.45. The van der Waals surface area contributed by atoms with Gasteiger partial charge in [0.05, 0.1) is 24.4 Å². The normalized spacial score (nSPS) is 13.9. The average molecular weight is 579 g/mol. The Kier molecular flexibility index (Phi) is 8.26. The maximum Gasteiger partial charge on any atom is 0.355 e. The zero-order chi connectivity index (χ0) is 30.1. The van der Waals surface area contributed by atoms with Gasteiger partial charge < -0.3 is 18.9 Å². The first-order valence-corrected chi connectivity index (χ1v) is 15.6. The lowest BCUT2D eigenvalue weighted by molar-refractivity contribution is 0.0512. The summed E-state index contributed by atoms with van der Waals surface area (Å²) < 4.78 is 16.3. The molecule has 0 radical (unpaired) electrons. The molecule has 0 spiro atoms. The fourth-order valence-electron chi connectivity index (χ4n) is 6.84. The van der Waals surface area contributed by atoms with E-state index in [1.165, 1.54) is 16.6 Å². The van der Waals surface area contributed by atoms with Crippen molar-refractivity contribution in [2.75, 3.05) is 26.8 Å². The van der Waals surface area contributed by atoms with Gasteiger partial charge in [0.15, 0.2) is 0 Å². The van der Waals surface area contributed by atoms with Crippen molar-refractivity contribution >= 4 is 27.6 Å². The predicted octanol–water partition coefficient (Wildman–Crippen LogP) is 7.34. The number of aromatic nitrogens is 3. The zero-order valence-corrected chi connectivity index (χ0v) is 26.0. The SMILES string of the molecule is CCOC(=O)c1c(CCCOc2cccc3ccccc23)c2cccc3c2n1CCCN(C)Cc1nn(C)c(C(C)C)c1-3. The number of aryl methyl sites for hydroxylation is 3. The van der Waals surface area contributed by atoms with Crippen molar-refractivity contribution in [3.05, 3.63) is 83.3 Å². The molecule has 0 atom stereocenters. The number of hydrogen-bond donors (Lipinski definition) is 0. The number of fused-ring (bicyclic) bond motifs is 3. The van der Waals surface area contributed by atoms with Crippen molar-refractivity contribution in [1.29, 1.82) is 0 Å². The highest BCUT2D eigenvalue weighted by molar-refractivity contribution is 6.05. The van der Waals surface area contributed by atoms with Gasteiger partial charge in [0, 0.05) is 47.7 Å². The second-order valence-corrected chi connectivity index (χ2v) is 11.9. The highest BCUT2D eigenvalue weighted by Gasteiger charge is 2.29. The Morgan fingerprint density at radius 3 is 2.56 bits per heavy atom. The molecule has 3 heterocycles. The van der Waals surface area contributed by atoms with Gasteiger partial charge in [0.1, 0.15) is 11.4 Å². The molecule has 0 N–H and O–H groups in total. The van der Waals surface area contributed by atoms with E-state index in [2.05, 4.69) is 66.8 Å². The van der Waals surface area contributed by atoms with E-state index in [1.54, 1.807) is 0 Å². The lowest BCUT2D eigenvalue weighted by atomic mass is 9.94. The molecular weight excluding hydrogens is 536 g/mol. The fraction of sp³-hybridized carbons (Fsp3) is 0.389. The first-order chi connectivity index (χ1) is 20.9. The highest BCUT2D eigenvalue weighted by atomic mass is 16.5. The van der Waals surface area contributed by atoms with Gasteiger partial charge in [-0.15, -0.1) is 0 Å². The van der Waals surface area contributed by atoms with E-state index in [0.717, 1.165) is 71.3 Å². The molecule has 224 valence electrons. The van der Waals surface area contributed by atoms with Gasteiger partial charge in [0.25, 0.3) is 0 Å². The number of carbonyl (C=O) groups is 1. The van der Waals surface area contributed by atoms with E-state index in [-0.39, 0.29) is 5.97 Å². The van der Waals surface area contributed by atoms with Crippen LogP contribution in [0.2, 0.25) is 0 Å². The summed E-state index contributed by atoms with van der Waals surface area (Å²) in [5.74, 6) is 0.931. The van der Waals surface area contributed by atoms with Crippen LogP contribution < -0.4 is 4.74 Å². The third-order valence-corrected chi connectivity index (χ3v) is 8.56. The second kappa shape index (κ2) is 12.3. The maximum absolute atomic E-state index is 13.7. The van der Waals surface area contributed by atoms with Crippen molar-refractivity contribution in [3.63, 3.8) is 0 Å². The third kappa shape index (κ3) is 5.42. The molecule has 43 heavy (non-hydrogen) atoms. The quantitative estimate of drug-likeness (QED) is 0.142. The number of benzene rings is 3. The first-order valence-electron chi connectivity index (χ1n) is 15.6. The van der Waals surface area contributed by atoms with Gasteiger partial charge in [-0.25, -0.2) is 4.79 Å². The highest BCUT2D eigenvalue weighted by Crippen LogP contribution is 2.41. The standard InChI is InChI=1S/C36H42N4O3/c1-6-42-36(41)35-28(18-11-22-43-31-19-9-14-25-13-7-8-15-26(25)31)27-16-10-17-29-32-30(37-39(5)33(32)24(2)3)23-38(4)20-12-21-40(35)34(27)29/h7-10,13-17,19,24H,6,11-12,18,20-23H2,1-5H3. The van der Waals surface area contributed by atoms with Gasteiger partial charge in [0.2, 0.25) is 0 Å². The van der Waals surface area contributed by atoms with Crippen LogP contribution in [0.25, 0.3) is 32.8 Å². The summed E-state index contributed by atoms with van der Waals surface area (Å²) in [6, 6.07) is 21.0. The minimum absolute atomic E-state index is 0.254. The van der Waals surface area contributed by atoms with Crippen LogP contribution in [0.5, 0.6) is 5.75 Å². The molecule has 0 amide bonds. The molecule has 1 aliphatic heterocycles. The van der Waals surface area contributed by atoms with Crippen molar-refractivity contribution in [1.82, 2.24) is 19.2 Å². The van der Waals surface area contributed by atoms with Gasteiger partial charge in [-0.3, -0.25) is 4.68 Å². The predicted molar refractivity (Wildman–Crippen MR) is 173 cm³/mol. The molecule has 5 aromatic rings. The minimum Gasteiger partial charge on any atom is -0.493 e. The van der Waals surface area contributed by atoms with E-state index in [4.69, 9.17) is 14.6 Å². The molecule has 0 unspecified atom stereocenters. The molecule has 0 fully saturated rings. The molecule has 0 aliphatic carbocycles. The maximum atomic E-state index is 13.7. The number of ether oxygens (including phenoxy) is 2. The first kappa shape index (κ1) is 29.0. The summed E-state index contributed by atoms with van der Waals surface area (Å²) in [5.41, 5.74) is 7.46. The molecule has 7 heteroatoms. The van der Waals surface area contributed by atoms with Crippen LogP contribution in [0.4, 0.5) is 0 Å². The smallest absolute Gasteiger partial charge is 0.355 e. The van der Waals surface area contributed by atoms with Crippen LogP contribution in [0.1, 0.15) is 67.0 Å². The molecule has 7 nitrogen and oxygen atoms in total. The molecule has 1 aliphatic rings. The van der Waals surface area contributed by atoms with Crippen LogP contribution in [-0.4, -0.2) is 52.0 Å². The van der Waals surface area contributed by atoms with Crippen LogP contribution in [0.15, 0.2) is 60.7 Å². The summed E-state index contributed by atoms with van der Waals surface area (Å²) in [7, 11) is 4.20. The summed E-state index contributed by atoms with van der Waals surface area (Å²) in [6.45, 7) is 9.65. The lowest BCUT2D eigenvalue weighted by Gasteiger charge is -2.21. The fourth-order valence-corrected chi connectivity index (χ4v) is 6.84. The van der Waals surface area contributed by atoms with E-state index in [0.29, 0.717) is 31.2 Å². The Morgan fingerprint density at radius 2 is 1.74 bits per heavy atom. The van der Waals surface area contributed by atoms with Crippen molar-refractivity contribution in [2.45, 2.75) is 59.0 Å². The monoisotopic (exact) mass is 578 g/mol. The average Bonchev–Trinajstić information content (AvgIpc) is 3.49. The number of rotatable bonds is 8. The number of carbonyl (C=O) groups excluding carboxylic acids is 1. The molecule has 0 saturated heterocycles. The molecule has 3 aromatic carbocycles. The molecule has 0 saturated carbocycles. The third-order valence-electron chi connectivity index (χ3n) is 8.56. The summed E-state index contributed by atoms with van der Waals surface area (Å²) in [5, 5.41) is 8.41. The van der Waals surface area contributed by atoms with Crippen molar-refractivity contribution < 1.29 is 14.3 Å². The largest absolute Gasteiger partial charge is 0.493 e. The van der Waals surface area contributed by atoms with Crippen LogP contribution >= 0.6 is 0 Å². The number of esters is 1. The van der Waals surface area contributed by atoms with Gasteiger partial charge in [-0.2, -0.15) is 5.10 Å². The topological polar surface area (TPSA) is 61.5 Å². The van der Waals surface area contributed by atoms with E-state index in [1.807, 2.05) is 42.9 Å². The van der Waals surface area contributed by atoms with Crippen LogP contribution in [-0.2, 0) is 31.3 Å². The molecular formula is C36H42N4O3. The Labute approximate surface area is 254 Å². The Bertz CT molecular complexity index is 1780. The van der Waals surface area contributed by atoms with Crippen molar-refractivity contribution in [2.24, 2.45) is 7.05 Å². The Morgan fingerprint density at radius 1 is 0.977 bits per heavy atom. The summed E-state index contributed by atoms with van der Waals surface area (Å²) >= 11 is 0. The number of hydrogen-bond acceptors (Lipinski definition) is 5. The van der Waals surface area contributed by atoms with E-state index < -0.39 is 0 Å². The molecule has 2 aromatic heterocycles. The number of nitrogens with zero attached hydrogens (tertiary/aromatic N) is 4. The van der Waals surface area contributed by atoms with Crippen LogP contribution in [0.3, 0.4) is 0 Å². The molecule has 0 bridgehead atoms. The zero-order valence-electron chi connectivity index (χ0n) is 26.0. The minimum atomic E-state index is -0.254. The Hall–Kier alpha value is -4.10. The lowest BCUT2D eigenvalue weighted by Crippen LogP contribution is -2.23. The van der Waals surface area contributed by atoms with Gasteiger partial charge in [-0.05, 0) is 62.7 Å².